The predicted octanol–water partition coefficient (Wildman–Crippen LogP) is 3.97. The van der Waals surface area contributed by atoms with Crippen molar-refractivity contribution in [3.63, 3.8) is 0 Å². The third-order valence-electron chi connectivity index (χ3n) is 6.27. The van der Waals surface area contributed by atoms with Gasteiger partial charge in [0, 0.05) is 23.0 Å². The minimum Gasteiger partial charge on any atom is -0.493 e. The number of ether oxygens (including phenoxy) is 4. The van der Waals surface area contributed by atoms with E-state index >= 15 is 0 Å². The van der Waals surface area contributed by atoms with Crippen LogP contribution >= 0.6 is 23.2 Å². The molecular formula is C30H34Cl2N4O6. The van der Waals surface area contributed by atoms with Crippen molar-refractivity contribution >= 4 is 41.0 Å². The topological polar surface area (TPSA) is 134 Å². The summed E-state index contributed by atoms with van der Waals surface area (Å²) >= 11 is 12.4. The van der Waals surface area contributed by atoms with Gasteiger partial charge in [-0.25, -0.2) is 4.99 Å². The minimum absolute atomic E-state index is 0.00176. The van der Waals surface area contributed by atoms with Gasteiger partial charge in [-0.1, -0.05) is 41.4 Å². The highest BCUT2D eigenvalue weighted by Gasteiger charge is 2.21. The van der Waals surface area contributed by atoms with Crippen LogP contribution in [0.4, 0.5) is 0 Å². The van der Waals surface area contributed by atoms with Gasteiger partial charge in [-0.3, -0.25) is 14.9 Å². The van der Waals surface area contributed by atoms with Crippen LogP contribution in [-0.4, -0.2) is 58.8 Å². The molecule has 0 aromatic heterocycles. The maximum atomic E-state index is 13.3. The first-order chi connectivity index (χ1) is 20.2. The summed E-state index contributed by atoms with van der Waals surface area (Å²) in [5.74, 6) is 1.24. The Morgan fingerprint density at radius 2 is 1.43 bits per heavy atom. The Morgan fingerprint density at radius 3 is 2.02 bits per heavy atom. The first kappa shape index (κ1) is 32.4. The largest absolute Gasteiger partial charge is 0.493 e. The fourth-order valence-electron chi connectivity index (χ4n) is 4.14. The second-order valence-electron chi connectivity index (χ2n) is 9.11. The smallest absolute Gasteiger partial charge is 0.245 e. The van der Waals surface area contributed by atoms with Crippen molar-refractivity contribution in [3.05, 3.63) is 81.3 Å². The molecule has 0 aliphatic heterocycles. The van der Waals surface area contributed by atoms with Crippen molar-refractivity contribution in [2.45, 2.75) is 25.3 Å². The summed E-state index contributed by atoms with van der Waals surface area (Å²) in [6, 6.07) is 14.7. The average Bonchev–Trinajstić information content (AvgIpc) is 2.97. The molecule has 3 aromatic carbocycles. The van der Waals surface area contributed by atoms with Gasteiger partial charge in [0.25, 0.3) is 0 Å². The summed E-state index contributed by atoms with van der Waals surface area (Å²) < 4.78 is 21.2. The fourth-order valence-corrected chi connectivity index (χ4v) is 4.63. The number of carbonyl (C=O) groups is 2. The second kappa shape index (κ2) is 15.7. The van der Waals surface area contributed by atoms with E-state index in [2.05, 4.69) is 15.6 Å². The number of methoxy groups -OCH3 is 4. The number of carbonyl (C=O) groups excluding carboxylic acids is 2. The number of nitrogens with one attached hydrogen (secondary N) is 2. The lowest BCUT2D eigenvalue weighted by atomic mass is 10.1. The fraction of sp³-hybridized carbons (Fsp3) is 0.300. The Morgan fingerprint density at radius 1 is 0.833 bits per heavy atom. The molecule has 0 bridgehead atoms. The molecule has 3 rings (SSSR count). The third-order valence-corrected chi connectivity index (χ3v) is 6.85. The molecule has 1 atom stereocenters. The standard InChI is InChI=1S/C30H34Cl2N4O6/c1-39-24-9-5-18(13-26(24)41-3)11-12-34-29(38)23(16-20-7-8-21(31)17-22(20)32)35-30(33)36-28(37)15-19-6-10-25(40-2)27(14-19)42-4/h5-10,13-14,17,23H,11-12,15-16H2,1-4H3,(H,34,38)(H3,33,35,36,37)/t23-/m1/s1. The minimum atomic E-state index is -0.976. The van der Waals surface area contributed by atoms with Crippen LogP contribution in [0.2, 0.25) is 10.0 Å². The molecule has 4 N–H and O–H groups in total. The monoisotopic (exact) mass is 616 g/mol. The maximum absolute atomic E-state index is 13.3. The van der Waals surface area contributed by atoms with Gasteiger partial charge in [0.15, 0.2) is 29.0 Å². The molecule has 224 valence electrons. The predicted molar refractivity (Wildman–Crippen MR) is 163 cm³/mol. The van der Waals surface area contributed by atoms with Gasteiger partial charge in [0.1, 0.15) is 6.04 Å². The van der Waals surface area contributed by atoms with E-state index in [1.165, 1.54) is 14.2 Å². The number of halogens is 2. The van der Waals surface area contributed by atoms with Crippen molar-refractivity contribution in [1.82, 2.24) is 10.6 Å². The first-order valence-electron chi connectivity index (χ1n) is 12.9. The van der Waals surface area contributed by atoms with Gasteiger partial charge in [-0.15, -0.1) is 0 Å². The van der Waals surface area contributed by atoms with Crippen molar-refractivity contribution in [1.29, 1.82) is 0 Å². The van der Waals surface area contributed by atoms with Crippen LogP contribution in [0.3, 0.4) is 0 Å². The van der Waals surface area contributed by atoms with Gasteiger partial charge in [-0.2, -0.15) is 0 Å². The van der Waals surface area contributed by atoms with E-state index in [1.807, 2.05) is 12.1 Å². The number of benzene rings is 3. The van der Waals surface area contributed by atoms with E-state index in [9.17, 15) is 9.59 Å². The zero-order valence-corrected chi connectivity index (χ0v) is 25.3. The highest BCUT2D eigenvalue weighted by atomic mass is 35.5. The van der Waals surface area contributed by atoms with Crippen LogP contribution < -0.4 is 35.3 Å². The second-order valence-corrected chi connectivity index (χ2v) is 9.96. The lowest BCUT2D eigenvalue weighted by Gasteiger charge is -2.16. The van der Waals surface area contributed by atoms with Crippen molar-refractivity contribution in [3.8, 4) is 23.0 Å². The molecular weight excluding hydrogens is 583 g/mol. The third kappa shape index (κ3) is 9.19. The van der Waals surface area contributed by atoms with E-state index in [4.69, 9.17) is 47.9 Å². The number of rotatable bonds is 13. The summed E-state index contributed by atoms with van der Waals surface area (Å²) in [4.78, 5) is 30.3. The Labute approximate surface area is 255 Å². The van der Waals surface area contributed by atoms with E-state index in [-0.39, 0.29) is 18.8 Å². The summed E-state index contributed by atoms with van der Waals surface area (Å²) in [6.07, 6.45) is 0.661. The molecule has 0 radical (unpaired) electrons. The summed E-state index contributed by atoms with van der Waals surface area (Å²) in [7, 11) is 6.17. The maximum Gasteiger partial charge on any atom is 0.245 e. The molecule has 10 nitrogen and oxygen atoms in total. The molecule has 0 unspecified atom stereocenters. The molecule has 42 heavy (non-hydrogen) atoms. The lowest BCUT2D eigenvalue weighted by Crippen LogP contribution is -2.42. The normalized spacial score (nSPS) is 11.8. The molecule has 0 spiro atoms. The van der Waals surface area contributed by atoms with Crippen LogP contribution in [0.25, 0.3) is 0 Å². The van der Waals surface area contributed by atoms with Crippen LogP contribution in [0.5, 0.6) is 23.0 Å². The van der Waals surface area contributed by atoms with Crippen LogP contribution in [0, 0.1) is 0 Å². The highest BCUT2D eigenvalue weighted by molar-refractivity contribution is 6.35. The molecule has 12 heteroatoms. The summed E-state index contributed by atoms with van der Waals surface area (Å²) in [5.41, 5.74) is 8.34. The number of guanidine groups is 1. The Hall–Kier alpha value is -4.15. The molecule has 0 aliphatic rings. The van der Waals surface area contributed by atoms with E-state index < -0.39 is 17.9 Å². The van der Waals surface area contributed by atoms with Gasteiger partial charge >= 0.3 is 0 Å². The average molecular weight is 618 g/mol. The molecule has 0 heterocycles. The number of nitrogens with two attached hydrogens (primary N) is 1. The quantitative estimate of drug-likeness (QED) is 0.195. The lowest BCUT2D eigenvalue weighted by molar-refractivity contribution is -0.122. The SMILES string of the molecule is COc1ccc(CCNC(=O)[C@@H](Cc2ccc(Cl)cc2Cl)N=C(N)NC(=O)Cc2ccc(OC)c(OC)c2)cc1OC. The Kier molecular flexibility index (Phi) is 12.1. The Bertz CT molecular complexity index is 1430. The molecule has 0 aliphatic carbocycles. The first-order valence-corrected chi connectivity index (χ1v) is 13.7. The highest BCUT2D eigenvalue weighted by Crippen LogP contribution is 2.28. The van der Waals surface area contributed by atoms with E-state index in [0.29, 0.717) is 57.1 Å². The van der Waals surface area contributed by atoms with Gasteiger partial charge in [-0.05, 0) is 59.5 Å². The van der Waals surface area contributed by atoms with E-state index in [0.717, 1.165) is 5.56 Å². The summed E-state index contributed by atoms with van der Waals surface area (Å²) in [6.45, 7) is 0.320. The van der Waals surface area contributed by atoms with E-state index in [1.54, 1.807) is 56.7 Å². The zero-order valence-electron chi connectivity index (χ0n) is 23.8. The molecule has 3 aromatic rings. The zero-order chi connectivity index (χ0) is 30.6. The van der Waals surface area contributed by atoms with Crippen molar-refractivity contribution < 1.29 is 28.5 Å². The van der Waals surface area contributed by atoms with Crippen LogP contribution in [0.1, 0.15) is 16.7 Å². The number of amides is 2. The van der Waals surface area contributed by atoms with Crippen molar-refractivity contribution in [2.24, 2.45) is 10.7 Å². The molecule has 0 saturated heterocycles. The van der Waals surface area contributed by atoms with Gasteiger partial charge < -0.3 is 30.0 Å². The molecule has 0 saturated carbocycles. The number of hydrogen-bond donors (Lipinski definition) is 3. The van der Waals surface area contributed by atoms with Crippen LogP contribution in [0.15, 0.2) is 59.6 Å². The van der Waals surface area contributed by atoms with Crippen molar-refractivity contribution in [2.75, 3.05) is 35.0 Å². The number of hydrogen-bond acceptors (Lipinski definition) is 7. The number of nitrogens with zero attached hydrogens (tertiary/aromatic N) is 1. The van der Waals surface area contributed by atoms with Crippen LogP contribution in [-0.2, 0) is 28.9 Å². The Balaban J connectivity index is 1.71. The molecule has 2 amide bonds. The number of aliphatic imine (C=N–C) groups is 1. The molecule has 0 fully saturated rings. The van der Waals surface area contributed by atoms with Gasteiger partial charge in [0.05, 0.1) is 34.9 Å². The van der Waals surface area contributed by atoms with Gasteiger partial charge in [0.2, 0.25) is 11.8 Å². The summed E-state index contributed by atoms with van der Waals surface area (Å²) in [5, 5.41) is 6.29.